The summed E-state index contributed by atoms with van der Waals surface area (Å²) in [6.07, 6.45) is 2.89. The summed E-state index contributed by atoms with van der Waals surface area (Å²) >= 11 is 0. The van der Waals surface area contributed by atoms with Crippen LogP contribution in [0.4, 0.5) is 0 Å². The molecule has 1 heterocycles. The number of aryl methyl sites for hydroxylation is 3. The molecule has 2 rings (SSSR count). The fraction of sp³-hybridized carbons (Fsp3) is 0.412. The summed E-state index contributed by atoms with van der Waals surface area (Å²) in [6, 6.07) is 9.01. The van der Waals surface area contributed by atoms with Crippen molar-refractivity contribution in [1.29, 1.82) is 0 Å². The molecule has 1 aromatic heterocycles. The molecular formula is C17H23NO. The summed E-state index contributed by atoms with van der Waals surface area (Å²) in [5.74, 6) is 0.993. The first-order valence-corrected chi connectivity index (χ1v) is 6.97. The first-order valence-electron chi connectivity index (χ1n) is 6.97. The van der Waals surface area contributed by atoms with Gasteiger partial charge in [0.1, 0.15) is 5.76 Å². The number of furan rings is 1. The van der Waals surface area contributed by atoms with Gasteiger partial charge in [-0.1, -0.05) is 36.2 Å². The number of nitrogens with one attached hydrogen (secondary N) is 1. The highest BCUT2D eigenvalue weighted by atomic mass is 16.3. The van der Waals surface area contributed by atoms with Gasteiger partial charge in [0.25, 0.3) is 0 Å². The van der Waals surface area contributed by atoms with E-state index in [-0.39, 0.29) is 6.04 Å². The molecule has 2 aromatic rings. The van der Waals surface area contributed by atoms with Crippen molar-refractivity contribution in [3.63, 3.8) is 0 Å². The van der Waals surface area contributed by atoms with E-state index in [4.69, 9.17) is 4.42 Å². The molecule has 1 aromatic carbocycles. The molecule has 102 valence electrons. The van der Waals surface area contributed by atoms with Crippen molar-refractivity contribution in [3.8, 4) is 0 Å². The third-order valence-electron chi connectivity index (χ3n) is 3.39. The molecule has 1 N–H and O–H groups in total. The highest BCUT2D eigenvalue weighted by Crippen LogP contribution is 2.27. The smallest absolute Gasteiger partial charge is 0.105 e. The summed E-state index contributed by atoms with van der Waals surface area (Å²) < 4.78 is 5.47. The highest BCUT2D eigenvalue weighted by molar-refractivity contribution is 5.37. The van der Waals surface area contributed by atoms with Gasteiger partial charge in [-0.15, -0.1) is 0 Å². The van der Waals surface area contributed by atoms with Gasteiger partial charge < -0.3 is 9.73 Å². The van der Waals surface area contributed by atoms with Gasteiger partial charge in [-0.2, -0.15) is 0 Å². The van der Waals surface area contributed by atoms with E-state index in [9.17, 15) is 0 Å². The van der Waals surface area contributed by atoms with E-state index in [0.29, 0.717) is 0 Å². The van der Waals surface area contributed by atoms with Crippen molar-refractivity contribution in [1.82, 2.24) is 5.32 Å². The molecule has 19 heavy (non-hydrogen) atoms. The Morgan fingerprint density at radius 2 is 1.79 bits per heavy atom. The molecule has 0 saturated heterocycles. The zero-order valence-electron chi connectivity index (χ0n) is 12.3. The standard InChI is InChI=1S/C17H23NO/c1-5-7-18-17(16-6-8-19-14(16)4)15-10-12(2)9-13(3)11-15/h6,8-11,17-18H,5,7H2,1-4H3. The zero-order chi connectivity index (χ0) is 13.8. The summed E-state index contributed by atoms with van der Waals surface area (Å²) in [4.78, 5) is 0. The second kappa shape index (κ2) is 6.07. The molecule has 0 amide bonds. The Labute approximate surface area is 115 Å². The molecule has 1 unspecified atom stereocenters. The molecule has 0 aliphatic carbocycles. The molecule has 0 spiro atoms. The highest BCUT2D eigenvalue weighted by Gasteiger charge is 2.17. The number of rotatable bonds is 5. The van der Waals surface area contributed by atoms with Gasteiger partial charge >= 0.3 is 0 Å². The van der Waals surface area contributed by atoms with Crippen LogP contribution in [0, 0.1) is 20.8 Å². The first-order chi connectivity index (χ1) is 9.11. The molecule has 0 fully saturated rings. The molecule has 1 atom stereocenters. The van der Waals surface area contributed by atoms with Gasteiger partial charge in [0, 0.05) is 5.56 Å². The molecular weight excluding hydrogens is 234 g/mol. The van der Waals surface area contributed by atoms with Crippen molar-refractivity contribution in [3.05, 3.63) is 58.5 Å². The van der Waals surface area contributed by atoms with Crippen molar-refractivity contribution in [2.45, 2.75) is 40.2 Å². The van der Waals surface area contributed by atoms with Gasteiger partial charge in [-0.3, -0.25) is 0 Å². The Hall–Kier alpha value is -1.54. The lowest BCUT2D eigenvalue weighted by molar-refractivity contribution is 0.517. The van der Waals surface area contributed by atoms with E-state index >= 15 is 0 Å². The van der Waals surface area contributed by atoms with Crippen LogP contribution in [0.5, 0.6) is 0 Å². The van der Waals surface area contributed by atoms with Crippen LogP contribution in [0.2, 0.25) is 0 Å². The Bertz CT molecular complexity index is 522. The van der Waals surface area contributed by atoms with E-state index < -0.39 is 0 Å². The second-order valence-corrected chi connectivity index (χ2v) is 5.24. The summed E-state index contributed by atoms with van der Waals surface area (Å²) in [5, 5.41) is 3.62. The van der Waals surface area contributed by atoms with E-state index in [1.165, 1.54) is 22.3 Å². The van der Waals surface area contributed by atoms with Crippen LogP contribution in [0.1, 0.15) is 47.4 Å². The van der Waals surface area contributed by atoms with Crippen LogP contribution in [0.25, 0.3) is 0 Å². The molecule has 0 aliphatic rings. The quantitative estimate of drug-likeness (QED) is 0.864. The fourth-order valence-electron chi connectivity index (χ4n) is 2.57. The Morgan fingerprint density at radius 3 is 2.32 bits per heavy atom. The predicted octanol–water partition coefficient (Wildman–Crippen LogP) is 4.29. The minimum Gasteiger partial charge on any atom is -0.469 e. The molecule has 0 radical (unpaired) electrons. The van der Waals surface area contributed by atoms with Crippen molar-refractivity contribution < 1.29 is 4.42 Å². The third kappa shape index (κ3) is 3.27. The van der Waals surface area contributed by atoms with E-state index in [0.717, 1.165) is 18.7 Å². The van der Waals surface area contributed by atoms with Gasteiger partial charge in [0.2, 0.25) is 0 Å². The van der Waals surface area contributed by atoms with Gasteiger partial charge in [-0.25, -0.2) is 0 Å². The van der Waals surface area contributed by atoms with Gasteiger partial charge in [0.05, 0.1) is 12.3 Å². The average Bonchev–Trinajstić information content (AvgIpc) is 2.75. The second-order valence-electron chi connectivity index (χ2n) is 5.24. The van der Waals surface area contributed by atoms with Crippen LogP contribution in [-0.4, -0.2) is 6.54 Å². The molecule has 0 aliphatic heterocycles. The Balaban J connectivity index is 2.39. The van der Waals surface area contributed by atoms with E-state index in [1.807, 2.05) is 6.92 Å². The van der Waals surface area contributed by atoms with Crippen molar-refractivity contribution in [2.24, 2.45) is 0 Å². The van der Waals surface area contributed by atoms with Gasteiger partial charge in [-0.05, 0) is 45.4 Å². The maximum Gasteiger partial charge on any atom is 0.105 e. The maximum absolute atomic E-state index is 5.47. The van der Waals surface area contributed by atoms with Crippen LogP contribution in [0.3, 0.4) is 0 Å². The monoisotopic (exact) mass is 257 g/mol. The topological polar surface area (TPSA) is 25.2 Å². The van der Waals surface area contributed by atoms with Crippen LogP contribution < -0.4 is 5.32 Å². The molecule has 2 nitrogen and oxygen atoms in total. The lowest BCUT2D eigenvalue weighted by atomic mass is 9.96. The summed E-state index contributed by atoms with van der Waals surface area (Å²) in [5.41, 5.74) is 5.16. The number of hydrogen-bond acceptors (Lipinski definition) is 2. The van der Waals surface area contributed by atoms with E-state index in [2.05, 4.69) is 50.4 Å². The minimum absolute atomic E-state index is 0.220. The number of benzene rings is 1. The predicted molar refractivity (Wildman–Crippen MR) is 79.5 cm³/mol. The van der Waals surface area contributed by atoms with Crippen LogP contribution in [0.15, 0.2) is 34.9 Å². The van der Waals surface area contributed by atoms with Crippen LogP contribution in [-0.2, 0) is 0 Å². The molecule has 0 bridgehead atoms. The zero-order valence-corrected chi connectivity index (χ0v) is 12.3. The van der Waals surface area contributed by atoms with Crippen molar-refractivity contribution in [2.75, 3.05) is 6.54 Å². The minimum atomic E-state index is 0.220. The van der Waals surface area contributed by atoms with Crippen LogP contribution >= 0.6 is 0 Å². The number of hydrogen-bond donors (Lipinski definition) is 1. The third-order valence-corrected chi connectivity index (χ3v) is 3.39. The molecule has 2 heteroatoms. The first kappa shape index (κ1) is 13.9. The Kier molecular flexibility index (Phi) is 4.43. The lowest BCUT2D eigenvalue weighted by Gasteiger charge is -2.20. The largest absolute Gasteiger partial charge is 0.469 e. The fourth-order valence-corrected chi connectivity index (χ4v) is 2.57. The summed E-state index contributed by atoms with van der Waals surface area (Å²) in [7, 11) is 0. The van der Waals surface area contributed by atoms with E-state index in [1.54, 1.807) is 6.26 Å². The average molecular weight is 257 g/mol. The summed E-state index contributed by atoms with van der Waals surface area (Å²) in [6.45, 7) is 9.51. The van der Waals surface area contributed by atoms with Crippen molar-refractivity contribution >= 4 is 0 Å². The molecule has 0 saturated carbocycles. The normalized spacial score (nSPS) is 12.6. The van der Waals surface area contributed by atoms with Gasteiger partial charge in [0.15, 0.2) is 0 Å². The Morgan fingerprint density at radius 1 is 1.11 bits per heavy atom. The maximum atomic E-state index is 5.47. The SMILES string of the molecule is CCCNC(c1cc(C)cc(C)c1)c1ccoc1C. The lowest BCUT2D eigenvalue weighted by Crippen LogP contribution is -2.23.